The number of carbonyl (C=O) groups excluding carboxylic acids is 2. The van der Waals surface area contributed by atoms with Crippen LogP contribution < -0.4 is 5.32 Å². The SMILES string of the molecule is O=C(CCN1CCCCC1)NC1=C(c2ccccc2)C2C=C(Br)C=CC2=NC1=O. The Balaban J connectivity index is 1.59. The topological polar surface area (TPSA) is 61.8 Å². The molecule has 0 spiro atoms. The maximum absolute atomic E-state index is 12.8. The summed E-state index contributed by atoms with van der Waals surface area (Å²) in [6, 6.07) is 9.74. The zero-order chi connectivity index (χ0) is 20.2. The van der Waals surface area contributed by atoms with Crippen LogP contribution in [-0.2, 0) is 9.59 Å². The Bertz CT molecular complexity index is 925. The number of allylic oxidation sites excluding steroid dienone is 5. The van der Waals surface area contributed by atoms with Crippen molar-refractivity contribution < 1.29 is 9.59 Å². The maximum Gasteiger partial charge on any atom is 0.294 e. The molecule has 0 aromatic heterocycles. The number of halogens is 1. The standard InChI is InChI=1S/C23H24BrN3O2/c24-17-9-10-19-18(15-17)21(16-7-3-1-4-8-16)22(23(29)25-19)26-20(28)11-14-27-12-5-2-6-13-27/h1,3-4,7-10,15,18H,2,5-6,11-14H2,(H,26,28). The van der Waals surface area contributed by atoms with Crippen molar-refractivity contribution in [1.82, 2.24) is 10.2 Å². The van der Waals surface area contributed by atoms with E-state index in [1.165, 1.54) is 19.3 Å². The van der Waals surface area contributed by atoms with Gasteiger partial charge in [0.15, 0.2) is 0 Å². The molecule has 0 saturated carbocycles. The normalized spacial score (nSPS) is 22.1. The van der Waals surface area contributed by atoms with Gasteiger partial charge in [-0.15, -0.1) is 0 Å². The first kappa shape index (κ1) is 20.0. The lowest BCUT2D eigenvalue weighted by Crippen LogP contribution is -2.37. The third-order valence-electron chi connectivity index (χ3n) is 5.54. The maximum atomic E-state index is 12.8. The first-order valence-corrected chi connectivity index (χ1v) is 10.9. The van der Waals surface area contributed by atoms with Crippen LogP contribution in [0, 0.1) is 5.92 Å². The molecule has 0 bridgehead atoms. The van der Waals surface area contributed by atoms with Crippen molar-refractivity contribution >= 4 is 39.0 Å². The number of piperidine rings is 1. The van der Waals surface area contributed by atoms with Crippen molar-refractivity contribution in [1.29, 1.82) is 0 Å². The molecule has 4 rings (SSSR count). The number of amides is 2. The van der Waals surface area contributed by atoms with E-state index < -0.39 is 5.91 Å². The molecule has 2 amide bonds. The largest absolute Gasteiger partial charge is 0.321 e. The second kappa shape index (κ2) is 9.01. The molecular weight excluding hydrogens is 430 g/mol. The van der Waals surface area contributed by atoms with Gasteiger partial charge in [-0.1, -0.05) is 58.8 Å². The van der Waals surface area contributed by atoms with Crippen LogP contribution in [0.2, 0.25) is 0 Å². The Hall–Kier alpha value is -2.31. The van der Waals surface area contributed by atoms with Crippen LogP contribution in [0.1, 0.15) is 31.2 Å². The van der Waals surface area contributed by atoms with Gasteiger partial charge in [-0.05, 0) is 43.6 Å². The summed E-state index contributed by atoms with van der Waals surface area (Å²) < 4.78 is 0.931. The van der Waals surface area contributed by atoms with Gasteiger partial charge in [0, 0.05) is 28.9 Å². The number of nitrogens with zero attached hydrogens (tertiary/aromatic N) is 2. The highest BCUT2D eigenvalue weighted by Crippen LogP contribution is 2.36. The average molecular weight is 454 g/mol. The summed E-state index contributed by atoms with van der Waals surface area (Å²) in [4.78, 5) is 32.1. The zero-order valence-corrected chi connectivity index (χ0v) is 17.8. The van der Waals surface area contributed by atoms with Gasteiger partial charge in [0.2, 0.25) is 5.91 Å². The van der Waals surface area contributed by atoms with Crippen LogP contribution in [0.5, 0.6) is 0 Å². The second-order valence-corrected chi connectivity index (χ2v) is 8.48. The van der Waals surface area contributed by atoms with Crippen molar-refractivity contribution in [2.45, 2.75) is 25.7 Å². The molecule has 5 nitrogen and oxygen atoms in total. The Labute approximate surface area is 179 Å². The smallest absolute Gasteiger partial charge is 0.294 e. The monoisotopic (exact) mass is 453 g/mol. The van der Waals surface area contributed by atoms with Gasteiger partial charge in [-0.3, -0.25) is 9.59 Å². The van der Waals surface area contributed by atoms with Crippen molar-refractivity contribution in [3.05, 3.63) is 64.3 Å². The Morgan fingerprint density at radius 1 is 1.14 bits per heavy atom. The molecular formula is C23H24BrN3O2. The summed E-state index contributed by atoms with van der Waals surface area (Å²) in [6.07, 6.45) is 9.78. The highest BCUT2D eigenvalue weighted by Gasteiger charge is 2.32. The number of fused-ring (bicyclic) bond motifs is 1. The fraction of sp³-hybridized carbons (Fsp3) is 0.348. The van der Waals surface area contributed by atoms with Gasteiger partial charge in [0.05, 0.1) is 5.71 Å². The van der Waals surface area contributed by atoms with E-state index in [0.717, 1.165) is 35.3 Å². The van der Waals surface area contributed by atoms with Gasteiger partial charge < -0.3 is 10.2 Å². The van der Waals surface area contributed by atoms with E-state index in [1.54, 1.807) is 0 Å². The highest BCUT2D eigenvalue weighted by atomic mass is 79.9. The van der Waals surface area contributed by atoms with Crippen LogP contribution >= 0.6 is 15.9 Å². The number of likely N-dealkylation sites (tertiary alicyclic amines) is 1. The molecule has 1 atom stereocenters. The van der Waals surface area contributed by atoms with Gasteiger partial charge in [-0.25, -0.2) is 4.99 Å². The van der Waals surface area contributed by atoms with E-state index in [2.05, 4.69) is 31.1 Å². The molecule has 2 aliphatic heterocycles. The molecule has 1 aromatic rings. The first-order chi connectivity index (χ1) is 14.1. The summed E-state index contributed by atoms with van der Waals surface area (Å²) in [5.41, 5.74) is 2.70. The van der Waals surface area contributed by atoms with E-state index in [4.69, 9.17) is 0 Å². The highest BCUT2D eigenvalue weighted by molar-refractivity contribution is 9.11. The van der Waals surface area contributed by atoms with Gasteiger partial charge >= 0.3 is 0 Å². The van der Waals surface area contributed by atoms with Crippen molar-refractivity contribution in [3.63, 3.8) is 0 Å². The van der Waals surface area contributed by atoms with Gasteiger partial charge in [-0.2, -0.15) is 0 Å². The minimum Gasteiger partial charge on any atom is -0.321 e. The van der Waals surface area contributed by atoms with E-state index >= 15 is 0 Å². The molecule has 1 fully saturated rings. The number of benzene rings is 1. The zero-order valence-electron chi connectivity index (χ0n) is 16.2. The number of hydrogen-bond donors (Lipinski definition) is 1. The molecule has 150 valence electrons. The number of nitrogens with one attached hydrogen (secondary N) is 1. The van der Waals surface area contributed by atoms with Crippen LogP contribution in [0.25, 0.3) is 5.57 Å². The summed E-state index contributed by atoms with van der Waals surface area (Å²) in [6.45, 7) is 2.82. The summed E-state index contributed by atoms with van der Waals surface area (Å²) in [5.74, 6) is -0.704. The lowest BCUT2D eigenvalue weighted by atomic mass is 9.82. The second-order valence-electron chi connectivity index (χ2n) is 7.56. The molecule has 1 N–H and O–H groups in total. The first-order valence-electron chi connectivity index (χ1n) is 10.1. The Morgan fingerprint density at radius 3 is 2.66 bits per heavy atom. The fourth-order valence-corrected chi connectivity index (χ4v) is 4.45. The molecule has 1 aromatic carbocycles. The molecule has 3 aliphatic rings. The molecule has 29 heavy (non-hydrogen) atoms. The molecule has 1 unspecified atom stereocenters. The molecule has 6 heteroatoms. The van der Waals surface area contributed by atoms with Crippen LogP contribution in [0.4, 0.5) is 0 Å². The lowest BCUT2D eigenvalue weighted by Gasteiger charge is -2.28. The summed E-state index contributed by atoms with van der Waals surface area (Å²) in [5, 5.41) is 2.89. The predicted molar refractivity (Wildman–Crippen MR) is 118 cm³/mol. The van der Waals surface area contributed by atoms with Crippen molar-refractivity contribution in [2.75, 3.05) is 19.6 Å². The predicted octanol–water partition coefficient (Wildman–Crippen LogP) is 3.84. The van der Waals surface area contributed by atoms with E-state index in [0.29, 0.717) is 17.8 Å². The number of hydrogen-bond acceptors (Lipinski definition) is 3. The number of dihydropyridines is 1. The van der Waals surface area contributed by atoms with Crippen molar-refractivity contribution in [2.24, 2.45) is 10.9 Å². The number of carbonyl (C=O) groups is 2. The quantitative estimate of drug-likeness (QED) is 0.736. The van der Waals surface area contributed by atoms with Crippen LogP contribution in [0.3, 0.4) is 0 Å². The lowest BCUT2D eigenvalue weighted by molar-refractivity contribution is -0.123. The summed E-state index contributed by atoms with van der Waals surface area (Å²) in [7, 11) is 0. The molecule has 0 radical (unpaired) electrons. The molecule has 1 aliphatic carbocycles. The molecule has 1 saturated heterocycles. The Kier molecular flexibility index (Phi) is 6.21. The van der Waals surface area contributed by atoms with E-state index in [1.807, 2.05) is 48.6 Å². The van der Waals surface area contributed by atoms with Gasteiger partial charge in [0.1, 0.15) is 5.70 Å². The van der Waals surface area contributed by atoms with Crippen LogP contribution in [0.15, 0.2) is 63.7 Å². The van der Waals surface area contributed by atoms with E-state index in [9.17, 15) is 9.59 Å². The molecule has 2 heterocycles. The Morgan fingerprint density at radius 2 is 1.90 bits per heavy atom. The number of aliphatic imine (C=N–C) groups is 1. The number of rotatable bonds is 5. The third-order valence-corrected chi connectivity index (χ3v) is 6.06. The van der Waals surface area contributed by atoms with E-state index in [-0.39, 0.29) is 11.8 Å². The minimum atomic E-state index is -0.391. The van der Waals surface area contributed by atoms with Gasteiger partial charge in [0.25, 0.3) is 5.91 Å². The van der Waals surface area contributed by atoms with Crippen LogP contribution in [-0.4, -0.2) is 42.1 Å². The summed E-state index contributed by atoms with van der Waals surface area (Å²) >= 11 is 3.52. The average Bonchev–Trinajstić information content (AvgIpc) is 2.74. The third kappa shape index (κ3) is 4.65. The van der Waals surface area contributed by atoms with Crippen molar-refractivity contribution in [3.8, 4) is 0 Å². The minimum absolute atomic E-state index is 0.139. The fourth-order valence-electron chi connectivity index (χ4n) is 4.06.